The van der Waals surface area contributed by atoms with Crippen molar-refractivity contribution in [1.29, 1.82) is 0 Å². The van der Waals surface area contributed by atoms with E-state index in [1.807, 2.05) is 6.92 Å². The second-order valence-corrected chi connectivity index (χ2v) is 4.76. The number of nitrogens with zero attached hydrogens (tertiary/aromatic N) is 1. The third kappa shape index (κ3) is 1.39. The number of carbonyl (C=O) groups excluding carboxylic acids is 1. The van der Waals surface area contributed by atoms with Crippen molar-refractivity contribution in [2.75, 3.05) is 0 Å². The molecule has 2 aliphatic rings. The molecule has 0 spiro atoms. The number of amides is 1. The van der Waals surface area contributed by atoms with E-state index in [2.05, 4.69) is 0 Å². The van der Waals surface area contributed by atoms with E-state index in [4.69, 9.17) is 0 Å². The molecule has 0 bridgehead atoms. The molecule has 4 heteroatoms. The lowest BCUT2D eigenvalue weighted by Crippen LogP contribution is -2.42. The maximum absolute atomic E-state index is 14.3. The normalized spacial score (nSPS) is 31.4. The van der Waals surface area contributed by atoms with Crippen LogP contribution >= 0.6 is 0 Å². The third-order valence-corrected chi connectivity index (χ3v) is 3.85. The van der Waals surface area contributed by atoms with E-state index in [1.54, 1.807) is 11.0 Å². The van der Waals surface area contributed by atoms with Crippen molar-refractivity contribution < 1.29 is 13.6 Å². The Kier molecular flexibility index (Phi) is 2.21. The van der Waals surface area contributed by atoms with Crippen LogP contribution in [0.15, 0.2) is 18.2 Å². The lowest BCUT2D eigenvalue weighted by Gasteiger charge is -2.39. The van der Waals surface area contributed by atoms with Crippen LogP contribution in [0.2, 0.25) is 0 Å². The summed E-state index contributed by atoms with van der Waals surface area (Å²) in [5, 5.41) is 0. The van der Waals surface area contributed by atoms with E-state index >= 15 is 0 Å². The average molecular weight is 237 g/mol. The Hall–Kier alpha value is -1.45. The fourth-order valence-corrected chi connectivity index (χ4v) is 3.04. The molecule has 0 aliphatic carbocycles. The molecule has 3 unspecified atom stereocenters. The molecule has 0 aromatic heterocycles. The van der Waals surface area contributed by atoms with Gasteiger partial charge in [0.05, 0.1) is 12.1 Å². The fraction of sp³-hybridized carbons (Fsp3) is 0.462. The van der Waals surface area contributed by atoms with Crippen LogP contribution in [0.5, 0.6) is 0 Å². The minimum absolute atomic E-state index is 0.000116. The van der Waals surface area contributed by atoms with Gasteiger partial charge in [-0.25, -0.2) is 8.78 Å². The molecule has 90 valence electrons. The Labute approximate surface area is 98.2 Å². The Morgan fingerprint density at radius 1 is 1.35 bits per heavy atom. The number of rotatable bonds is 0. The van der Waals surface area contributed by atoms with Gasteiger partial charge in [-0.15, -0.1) is 0 Å². The average Bonchev–Trinajstić information content (AvgIpc) is 2.68. The highest BCUT2D eigenvalue weighted by Gasteiger charge is 2.45. The first kappa shape index (κ1) is 10.7. The van der Waals surface area contributed by atoms with E-state index in [9.17, 15) is 13.6 Å². The van der Waals surface area contributed by atoms with Gasteiger partial charge < -0.3 is 4.90 Å². The van der Waals surface area contributed by atoms with Crippen molar-refractivity contribution in [1.82, 2.24) is 4.90 Å². The predicted octanol–water partition coefficient (Wildman–Crippen LogP) is 2.90. The molecule has 3 rings (SSSR count). The van der Waals surface area contributed by atoms with Gasteiger partial charge in [0, 0.05) is 6.42 Å². The van der Waals surface area contributed by atoms with Crippen molar-refractivity contribution in [3.05, 3.63) is 35.1 Å². The Morgan fingerprint density at radius 3 is 2.88 bits per heavy atom. The summed E-state index contributed by atoms with van der Waals surface area (Å²) in [6, 6.07) is 3.60. The van der Waals surface area contributed by atoms with Crippen LogP contribution < -0.4 is 0 Å². The van der Waals surface area contributed by atoms with Gasteiger partial charge in [-0.3, -0.25) is 4.79 Å². The van der Waals surface area contributed by atoms with Crippen LogP contribution in [0.1, 0.15) is 43.1 Å². The van der Waals surface area contributed by atoms with Gasteiger partial charge >= 0.3 is 0 Å². The second kappa shape index (κ2) is 3.52. The molecular formula is C13H13F2NO. The largest absolute Gasteiger partial charge is 0.330 e. The summed E-state index contributed by atoms with van der Waals surface area (Å²) < 4.78 is 27.5. The van der Waals surface area contributed by atoms with Crippen molar-refractivity contribution in [3.8, 4) is 0 Å². The lowest BCUT2D eigenvalue weighted by atomic mass is 9.88. The summed E-state index contributed by atoms with van der Waals surface area (Å²) in [5.41, 5.74) is 1.14. The zero-order valence-corrected chi connectivity index (χ0v) is 9.49. The molecule has 2 heterocycles. The van der Waals surface area contributed by atoms with Crippen molar-refractivity contribution >= 4 is 5.91 Å². The van der Waals surface area contributed by atoms with Crippen LogP contribution in [0.4, 0.5) is 8.78 Å². The van der Waals surface area contributed by atoms with E-state index in [0.29, 0.717) is 18.4 Å². The van der Waals surface area contributed by atoms with E-state index < -0.39 is 18.0 Å². The number of halogens is 2. The Balaban J connectivity index is 2.13. The lowest BCUT2D eigenvalue weighted by molar-refractivity contribution is -0.132. The molecular weight excluding hydrogens is 224 g/mol. The van der Waals surface area contributed by atoms with Crippen molar-refractivity contribution in [3.63, 3.8) is 0 Å². The minimum atomic E-state index is -1.26. The first-order chi connectivity index (χ1) is 8.09. The standard InChI is InChI=1S/C13H13F2NO/c1-7-9-3-2-8(14)6-10(9)13(15)11-4-5-12(17)16(7)11/h2-3,6-7,11,13H,4-5H2,1H3. The minimum Gasteiger partial charge on any atom is -0.330 e. The Morgan fingerprint density at radius 2 is 2.12 bits per heavy atom. The summed E-state index contributed by atoms with van der Waals surface area (Å²) in [6.07, 6.45) is -0.338. The molecule has 1 fully saturated rings. The first-order valence-electron chi connectivity index (χ1n) is 5.84. The molecule has 3 atom stereocenters. The molecule has 1 aromatic rings. The molecule has 0 N–H and O–H groups in total. The Bertz CT molecular complexity index is 488. The first-order valence-corrected chi connectivity index (χ1v) is 5.84. The monoisotopic (exact) mass is 237 g/mol. The van der Waals surface area contributed by atoms with Crippen LogP contribution in [-0.2, 0) is 4.79 Å². The van der Waals surface area contributed by atoms with Gasteiger partial charge in [0.2, 0.25) is 5.91 Å². The van der Waals surface area contributed by atoms with Gasteiger partial charge in [-0.05, 0) is 36.6 Å². The summed E-state index contributed by atoms with van der Waals surface area (Å²) in [4.78, 5) is 13.3. The topological polar surface area (TPSA) is 20.3 Å². The maximum atomic E-state index is 14.3. The number of benzene rings is 1. The fourth-order valence-electron chi connectivity index (χ4n) is 3.04. The second-order valence-electron chi connectivity index (χ2n) is 4.76. The highest BCUT2D eigenvalue weighted by molar-refractivity contribution is 5.80. The van der Waals surface area contributed by atoms with E-state index in [-0.39, 0.29) is 11.9 Å². The third-order valence-electron chi connectivity index (χ3n) is 3.85. The molecule has 0 saturated carbocycles. The van der Waals surface area contributed by atoms with Crippen LogP contribution in [0.25, 0.3) is 0 Å². The molecule has 1 amide bonds. The molecule has 1 aromatic carbocycles. The summed E-state index contributed by atoms with van der Waals surface area (Å²) >= 11 is 0. The highest BCUT2D eigenvalue weighted by atomic mass is 19.1. The van der Waals surface area contributed by atoms with Crippen molar-refractivity contribution in [2.24, 2.45) is 0 Å². The van der Waals surface area contributed by atoms with E-state index in [0.717, 1.165) is 5.56 Å². The summed E-state index contributed by atoms with van der Waals surface area (Å²) in [6.45, 7) is 1.87. The van der Waals surface area contributed by atoms with Crippen LogP contribution in [0.3, 0.4) is 0 Å². The van der Waals surface area contributed by atoms with E-state index in [1.165, 1.54) is 12.1 Å². The van der Waals surface area contributed by atoms with Crippen LogP contribution in [-0.4, -0.2) is 16.8 Å². The van der Waals surface area contributed by atoms with Gasteiger partial charge in [-0.1, -0.05) is 6.07 Å². The molecule has 1 saturated heterocycles. The van der Waals surface area contributed by atoms with Gasteiger partial charge in [0.1, 0.15) is 12.0 Å². The van der Waals surface area contributed by atoms with Crippen molar-refractivity contribution in [2.45, 2.75) is 38.0 Å². The quantitative estimate of drug-likeness (QED) is 0.679. The SMILES string of the molecule is CC1c2ccc(F)cc2C(F)C2CCC(=O)N12. The summed E-state index contributed by atoms with van der Waals surface area (Å²) in [5.74, 6) is -0.420. The molecule has 2 aliphatic heterocycles. The molecule has 17 heavy (non-hydrogen) atoms. The van der Waals surface area contributed by atoms with Gasteiger partial charge in [-0.2, -0.15) is 0 Å². The summed E-state index contributed by atoms with van der Waals surface area (Å²) in [7, 11) is 0. The zero-order chi connectivity index (χ0) is 12.2. The highest BCUT2D eigenvalue weighted by Crippen LogP contribution is 2.45. The molecule has 0 radical (unpaired) electrons. The number of fused-ring (bicyclic) bond motifs is 2. The smallest absolute Gasteiger partial charge is 0.223 e. The van der Waals surface area contributed by atoms with Crippen LogP contribution in [0, 0.1) is 5.82 Å². The number of alkyl halides is 1. The molecule has 2 nitrogen and oxygen atoms in total. The number of hydrogen-bond donors (Lipinski definition) is 0. The zero-order valence-electron chi connectivity index (χ0n) is 9.49. The predicted molar refractivity (Wildman–Crippen MR) is 58.5 cm³/mol. The maximum Gasteiger partial charge on any atom is 0.223 e. The number of carbonyl (C=O) groups is 1. The van der Waals surface area contributed by atoms with Gasteiger partial charge in [0.25, 0.3) is 0 Å². The number of hydrogen-bond acceptors (Lipinski definition) is 1. The van der Waals surface area contributed by atoms with Gasteiger partial charge in [0.15, 0.2) is 0 Å².